The Hall–Kier alpha value is -1.85. The molecule has 2 heterocycles. The molecule has 3 rings (SSSR count). The van der Waals surface area contributed by atoms with Gasteiger partial charge in [0.25, 0.3) is 5.91 Å². The van der Waals surface area contributed by atoms with Gasteiger partial charge in [0.2, 0.25) is 0 Å². The summed E-state index contributed by atoms with van der Waals surface area (Å²) in [7, 11) is 0. The third kappa shape index (κ3) is 3.62. The summed E-state index contributed by atoms with van der Waals surface area (Å²) in [6, 6.07) is 6.96. The fourth-order valence-electron chi connectivity index (χ4n) is 2.81. The van der Waals surface area contributed by atoms with Crippen molar-refractivity contribution in [2.45, 2.75) is 13.8 Å². The number of carbonyl (C=O) groups excluding carboxylic acids is 1. The number of hydrogen-bond acceptors (Lipinski definition) is 4. The second kappa shape index (κ2) is 6.95. The Morgan fingerprint density at radius 1 is 1.00 bits per heavy atom. The maximum absolute atomic E-state index is 12.6. The molecular weight excluding hydrogens is 347 g/mol. The molecule has 1 aliphatic heterocycles. The van der Waals surface area contributed by atoms with Gasteiger partial charge >= 0.3 is 0 Å². The number of rotatable bonds is 2. The first-order valence-electron chi connectivity index (χ1n) is 7.75. The largest absolute Gasteiger partial charge is 0.353 e. The van der Waals surface area contributed by atoms with Gasteiger partial charge in [0.05, 0.1) is 10.0 Å². The molecule has 0 spiro atoms. The van der Waals surface area contributed by atoms with Crippen molar-refractivity contribution in [1.29, 1.82) is 0 Å². The number of halogens is 2. The molecule has 5 nitrogen and oxygen atoms in total. The molecule has 1 aromatic carbocycles. The molecule has 1 aliphatic rings. The summed E-state index contributed by atoms with van der Waals surface area (Å²) < 4.78 is 0. The summed E-state index contributed by atoms with van der Waals surface area (Å²) in [5, 5.41) is 0.848. The maximum Gasteiger partial charge on any atom is 0.254 e. The molecule has 1 fully saturated rings. The van der Waals surface area contributed by atoms with E-state index in [4.69, 9.17) is 23.2 Å². The summed E-state index contributed by atoms with van der Waals surface area (Å²) in [6.45, 7) is 6.61. The molecular formula is C17H18Cl2N4O. The lowest BCUT2D eigenvalue weighted by atomic mass is 10.2. The summed E-state index contributed by atoms with van der Waals surface area (Å²) in [5.41, 5.74) is 1.51. The lowest BCUT2D eigenvalue weighted by molar-refractivity contribution is 0.0746. The first-order valence-corrected chi connectivity index (χ1v) is 8.51. The molecule has 1 aromatic heterocycles. The molecule has 0 saturated carbocycles. The van der Waals surface area contributed by atoms with Crippen molar-refractivity contribution < 1.29 is 4.79 Å². The normalized spacial score (nSPS) is 14.8. The fraction of sp³-hybridized carbons (Fsp3) is 0.353. The van der Waals surface area contributed by atoms with Crippen LogP contribution in [0.4, 0.5) is 5.82 Å². The van der Waals surface area contributed by atoms with Crippen LogP contribution >= 0.6 is 23.2 Å². The second-order valence-corrected chi connectivity index (χ2v) is 6.64. The van der Waals surface area contributed by atoms with E-state index >= 15 is 0 Å². The van der Waals surface area contributed by atoms with Gasteiger partial charge < -0.3 is 9.80 Å². The molecule has 24 heavy (non-hydrogen) atoms. The van der Waals surface area contributed by atoms with Crippen LogP contribution in [0.3, 0.4) is 0 Å². The van der Waals surface area contributed by atoms with Crippen LogP contribution in [0.15, 0.2) is 24.3 Å². The van der Waals surface area contributed by atoms with Gasteiger partial charge in [-0.25, -0.2) is 9.97 Å². The van der Waals surface area contributed by atoms with E-state index in [1.165, 1.54) is 0 Å². The van der Waals surface area contributed by atoms with Crippen LogP contribution in [0.2, 0.25) is 10.0 Å². The molecule has 0 aliphatic carbocycles. The number of amides is 1. The molecule has 2 aromatic rings. The minimum absolute atomic E-state index is 0.0248. The molecule has 7 heteroatoms. The van der Waals surface area contributed by atoms with Crippen LogP contribution in [0.1, 0.15) is 21.9 Å². The van der Waals surface area contributed by atoms with Crippen LogP contribution < -0.4 is 4.90 Å². The van der Waals surface area contributed by atoms with E-state index < -0.39 is 0 Å². The lowest BCUT2D eigenvalue weighted by Gasteiger charge is -2.35. The Bertz CT molecular complexity index is 753. The van der Waals surface area contributed by atoms with Gasteiger partial charge in [-0.1, -0.05) is 23.2 Å². The highest BCUT2D eigenvalue weighted by Crippen LogP contribution is 2.24. The number of piperazine rings is 1. The molecule has 1 amide bonds. The zero-order valence-corrected chi connectivity index (χ0v) is 15.1. The fourth-order valence-corrected chi connectivity index (χ4v) is 3.11. The van der Waals surface area contributed by atoms with Crippen molar-refractivity contribution in [2.75, 3.05) is 31.1 Å². The highest BCUT2D eigenvalue weighted by Gasteiger charge is 2.23. The van der Waals surface area contributed by atoms with E-state index in [9.17, 15) is 4.79 Å². The van der Waals surface area contributed by atoms with Gasteiger partial charge in [0.1, 0.15) is 11.6 Å². The van der Waals surface area contributed by atoms with Crippen LogP contribution in [0.25, 0.3) is 0 Å². The zero-order chi connectivity index (χ0) is 17.3. The molecule has 0 N–H and O–H groups in total. The molecule has 126 valence electrons. The maximum atomic E-state index is 12.6. The Labute approximate surface area is 151 Å². The number of aromatic nitrogens is 2. The van der Waals surface area contributed by atoms with Gasteiger partial charge in [-0.2, -0.15) is 0 Å². The third-order valence-corrected chi connectivity index (χ3v) is 4.75. The third-order valence-electron chi connectivity index (χ3n) is 4.01. The number of aryl methyl sites for hydroxylation is 2. The predicted octanol–water partition coefficient (Wildman–Crippen LogP) is 3.36. The number of hydrogen-bond donors (Lipinski definition) is 0. The summed E-state index contributed by atoms with van der Waals surface area (Å²) in [5.74, 6) is 1.66. The summed E-state index contributed by atoms with van der Waals surface area (Å²) in [6.07, 6.45) is 0. The average Bonchev–Trinajstić information content (AvgIpc) is 2.56. The van der Waals surface area contributed by atoms with Crippen molar-refractivity contribution in [3.05, 3.63) is 51.4 Å². The first kappa shape index (κ1) is 17.0. The van der Waals surface area contributed by atoms with Crippen molar-refractivity contribution in [3.63, 3.8) is 0 Å². The Balaban J connectivity index is 1.68. The van der Waals surface area contributed by atoms with E-state index in [0.717, 1.165) is 30.4 Å². The SMILES string of the molecule is Cc1cc(N2CCN(C(=O)c3ccc(Cl)c(Cl)c3)CC2)nc(C)n1. The monoisotopic (exact) mass is 364 g/mol. The Kier molecular flexibility index (Phi) is 4.92. The minimum atomic E-state index is -0.0248. The van der Waals surface area contributed by atoms with E-state index in [0.29, 0.717) is 28.7 Å². The molecule has 0 atom stereocenters. The van der Waals surface area contributed by atoms with E-state index in [1.807, 2.05) is 24.8 Å². The summed E-state index contributed by atoms with van der Waals surface area (Å²) in [4.78, 5) is 25.4. The number of nitrogens with zero attached hydrogens (tertiary/aromatic N) is 4. The predicted molar refractivity (Wildman–Crippen MR) is 96.1 cm³/mol. The van der Waals surface area contributed by atoms with E-state index in [-0.39, 0.29) is 5.91 Å². The number of carbonyl (C=O) groups is 1. The van der Waals surface area contributed by atoms with Gasteiger partial charge in [-0.15, -0.1) is 0 Å². The van der Waals surface area contributed by atoms with Crippen LogP contribution in [0, 0.1) is 13.8 Å². The van der Waals surface area contributed by atoms with Crippen molar-refractivity contribution >= 4 is 34.9 Å². The highest BCUT2D eigenvalue weighted by molar-refractivity contribution is 6.42. The van der Waals surface area contributed by atoms with E-state index in [1.54, 1.807) is 18.2 Å². The number of benzene rings is 1. The average molecular weight is 365 g/mol. The molecule has 0 bridgehead atoms. The number of anilines is 1. The molecule has 0 unspecified atom stereocenters. The van der Waals surface area contributed by atoms with Gasteiger partial charge in [0, 0.05) is 43.5 Å². The lowest BCUT2D eigenvalue weighted by Crippen LogP contribution is -2.49. The van der Waals surface area contributed by atoms with Crippen molar-refractivity contribution in [1.82, 2.24) is 14.9 Å². The van der Waals surface area contributed by atoms with Crippen molar-refractivity contribution in [2.24, 2.45) is 0 Å². The van der Waals surface area contributed by atoms with Gasteiger partial charge in [-0.3, -0.25) is 4.79 Å². The second-order valence-electron chi connectivity index (χ2n) is 5.82. The van der Waals surface area contributed by atoms with Crippen LogP contribution in [0.5, 0.6) is 0 Å². The molecule has 1 saturated heterocycles. The van der Waals surface area contributed by atoms with Crippen LogP contribution in [-0.2, 0) is 0 Å². The minimum Gasteiger partial charge on any atom is -0.353 e. The first-order chi connectivity index (χ1) is 11.4. The van der Waals surface area contributed by atoms with Gasteiger partial charge in [-0.05, 0) is 32.0 Å². The topological polar surface area (TPSA) is 49.3 Å². The molecule has 0 radical (unpaired) electrons. The standard InChI is InChI=1S/C17H18Cl2N4O/c1-11-9-16(21-12(2)20-11)22-5-7-23(8-6-22)17(24)13-3-4-14(18)15(19)10-13/h3-4,9-10H,5-8H2,1-2H3. The summed E-state index contributed by atoms with van der Waals surface area (Å²) >= 11 is 11.9. The van der Waals surface area contributed by atoms with E-state index in [2.05, 4.69) is 14.9 Å². The van der Waals surface area contributed by atoms with Crippen LogP contribution in [-0.4, -0.2) is 47.0 Å². The quantitative estimate of drug-likeness (QED) is 0.819. The zero-order valence-electron chi connectivity index (χ0n) is 13.6. The highest BCUT2D eigenvalue weighted by atomic mass is 35.5. The Morgan fingerprint density at radius 2 is 1.71 bits per heavy atom. The Morgan fingerprint density at radius 3 is 2.33 bits per heavy atom. The van der Waals surface area contributed by atoms with Crippen molar-refractivity contribution in [3.8, 4) is 0 Å². The smallest absolute Gasteiger partial charge is 0.254 e. The van der Waals surface area contributed by atoms with Gasteiger partial charge in [0.15, 0.2) is 0 Å².